The van der Waals surface area contributed by atoms with Crippen LogP contribution in [0.3, 0.4) is 0 Å². The van der Waals surface area contributed by atoms with E-state index in [2.05, 4.69) is 19.2 Å². The van der Waals surface area contributed by atoms with E-state index < -0.39 is 0 Å². The maximum atomic E-state index is 5.70. The molecule has 1 rings (SSSR count). The molecule has 0 amide bonds. The summed E-state index contributed by atoms with van der Waals surface area (Å²) in [6.07, 6.45) is 5.30. The van der Waals surface area contributed by atoms with Crippen LogP contribution in [0.2, 0.25) is 0 Å². The SMILES string of the molecule is CCCC(C)(NC)C1CCCO1. The highest BCUT2D eigenvalue weighted by atomic mass is 16.5. The molecule has 0 aliphatic carbocycles. The van der Waals surface area contributed by atoms with Crippen molar-refractivity contribution in [1.29, 1.82) is 0 Å². The van der Waals surface area contributed by atoms with E-state index in [9.17, 15) is 0 Å². The van der Waals surface area contributed by atoms with E-state index in [1.807, 2.05) is 7.05 Å². The summed E-state index contributed by atoms with van der Waals surface area (Å²) < 4.78 is 5.70. The van der Waals surface area contributed by atoms with Gasteiger partial charge in [0.25, 0.3) is 0 Å². The molecule has 0 aromatic heterocycles. The van der Waals surface area contributed by atoms with Crippen molar-refractivity contribution >= 4 is 0 Å². The lowest BCUT2D eigenvalue weighted by Crippen LogP contribution is -2.49. The average Bonchev–Trinajstić information content (AvgIpc) is 2.57. The van der Waals surface area contributed by atoms with E-state index in [-0.39, 0.29) is 5.54 Å². The van der Waals surface area contributed by atoms with Crippen LogP contribution in [0.1, 0.15) is 39.5 Å². The van der Waals surface area contributed by atoms with E-state index in [0.717, 1.165) is 6.61 Å². The Labute approximate surface area is 75.7 Å². The number of rotatable bonds is 4. The van der Waals surface area contributed by atoms with Crippen LogP contribution < -0.4 is 5.32 Å². The highest BCUT2D eigenvalue weighted by molar-refractivity contribution is 4.91. The third-order valence-corrected chi connectivity index (χ3v) is 2.98. The lowest BCUT2D eigenvalue weighted by molar-refractivity contribution is 0.0347. The fourth-order valence-corrected chi connectivity index (χ4v) is 2.05. The molecular formula is C10H21NO. The largest absolute Gasteiger partial charge is 0.376 e. The van der Waals surface area contributed by atoms with Gasteiger partial charge in [0, 0.05) is 12.1 Å². The maximum absolute atomic E-state index is 5.70. The zero-order valence-electron chi connectivity index (χ0n) is 8.52. The molecule has 0 bridgehead atoms. The molecule has 2 heteroatoms. The number of hydrogen-bond acceptors (Lipinski definition) is 2. The molecule has 0 aromatic rings. The summed E-state index contributed by atoms with van der Waals surface area (Å²) in [7, 11) is 2.04. The van der Waals surface area contributed by atoms with Crippen molar-refractivity contribution in [3.8, 4) is 0 Å². The van der Waals surface area contributed by atoms with Crippen LogP contribution in [-0.4, -0.2) is 25.3 Å². The van der Waals surface area contributed by atoms with Crippen molar-refractivity contribution in [3.05, 3.63) is 0 Å². The van der Waals surface area contributed by atoms with E-state index in [0.29, 0.717) is 6.10 Å². The molecule has 1 heterocycles. The van der Waals surface area contributed by atoms with Gasteiger partial charge < -0.3 is 10.1 Å². The smallest absolute Gasteiger partial charge is 0.0754 e. The van der Waals surface area contributed by atoms with Crippen molar-refractivity contribution < 1.29 is 4.74 Å². The first-order valence-electron chi connectivity index (χ1n) is 5.03. The zero-order valence-corrected chi connectivity index (χ0v) is 8.52. The lowest BCUT2D eigenvalue weighted by Gasteiger charge is -2.34. The Balaban J connectivity index is 2.51. The minimum atomic E-state index is 0.200. The molecule has 1 aliphatic rings. The van der Waals surface area contributed by atoms with Crippen LogP contribution >= 0.6 is 0 Å². The second kappa shape index (κ2) is 4.24. The second-order valence-corrected chi connectivity index (χ2v) is 3.92. The average molecular weight is 171 g/mol. The van der Waals surface area contributed by atoms with Crippen molar-refractivity contribution in [2.24, 2.45) is 0 Å². The van der Waals surface area contributed by atoms with Gasteiger partial charge in [-0.25, -0.2) is 0 Å². The van der Waals surface area contributed by atoms with E-state index in [4.69, 9.17) is 4.74 Å². The van der Waals surface area contributed by atoms with E-state index in [1.165, 1.54) is 25.7 Å². The summed E-state index contributed by atoms with van der Waals surface area (Å²) in [4.78, 5) is 0. The Morgan fingerprint density at radius 3 is 2.75 bits per heavy atom. The summed E-state index contributed by atoms with van der Waals surface area (Å²) in [6, 6.07) is 0. The molecule has 1 saturated heterocycles. The van der Waals surface area contributed by atoms with Crippen LogP contribution in [0.5, 0.6) is 0 Å². The van der Waals surface area contributed by atoms with E-state index >= 15 is 0 Å². The molecule has 1 N–H and O–H groups in total. The first-order valence-corrected chi connectivity index (χ1v) is 5.03. The van der Waals surface area contributed by atoms with Gasteiger partial charge in [-0.15, -0.1) is 0 Å². The highest BCUT2D eigenvalue weighted by Gasteiger charge is 2.34. The van der Waals surface area contributed by atoms with Gasteiger partial charge in [-0.2, -0.15) is 0 Å². The van der Waals surface area contributed by atoms with E-state index in [1.54, 1.807) is 0 Å². The van der Waals surface area contributed by atoms with Gasteiger partial charge in [-0.3, -0.25) is 0 Å². The number of hydrogen-bond donors (Lipinski definition) is 1. The van der Waals surface area contributed by atoms with Gasteiger partial charge in [-0.1, -0.05) is 13.3 Å². The standard InChI is InChI=1S/C10H21NO/c1-4-7-10(2,11-3)9-6-5-8-12-9/h9,11H,4-8H2,1-3H3. The van der Waals surface area contributed by atoms with Crippen LogP contribution in [0, 0.1) is 0 Å². The lowest BCUT2D eigenvalue weighted by atomic mass is 9.88. The summed E-state index contributed by atoms with van der Waals surface area (Å²) in [5.74, 6) is 0. The van der Waals surface area contributed by atoms with Crippen molar-refractivity contribution in [3.63, 3.8) is 0 Å². The Morgan fingerprint density at radius 1 is 1.58 bits per heavy atom. The first-order chi connectivity index (χ1) is 5.73. The zero-order chi connectivity index (χ0) is 9.03. The molecule has 2 atom stereocenters. The fourth-order valence-electron chi connectivity index (χ4n) is 2.05. The highest BCUT2D eigenvalue weighted by Crippen LogP contribution is 2.27. The van der Waals surface area contributed by atoms with Crippen LogP contribution in [0.25, 0.3) is 0 Å². The summed E-state index contributed by atoms with van der Waals surface area (Å²) in [6.45, 7) is 5.45. The first kappa shape index (κ1) is 10.0. The van der Waals surface area contributed by atoms with Crippen LogP contribution in [0.4, 0.5) is 0 Å². The predicted octanol–water partition coefficient (Wildman–Crippen LogP) is 1.94. The van der Waals surface area contributed by atoms with Crippen LogP contribution in [-0.2, 0) is 4.74 Å². The summed E-state index contributed by atoms with van der Waals surface area (Å²) in [5.41, 5.74) is 0.200. The number of ether oxygens (including phenoxy) is 1. The Morgan fingerprint density at radius 2 is 2.33 bits per heavy atom. The van der Waals surface area contributed by atoms with Gasteiger partial charge in [0.05, 0.1) is 6.10 Å². The predicted molar refractivity (Wildman–Crippen MR) is 51.3 cm³/mol. The van der Waals surface area contributed by atoms with Gasteiger partial charge >= 0.3 is 0 Å². The molecule has 0 spiro atoms. The summed E-state index contributed by atoms with van der Waals surface area (Å²) >= 11 is 0. The molecule has 0 radical (unpaired) electrons. The summed E-state index contributed by atoms with van der Waals surface area (Å²) in [5, 5.41) is 3.40. The molecule has 1 fully saturated rings. The Hall–Kier alpha value is -0.0800. The van der Waals surface area contributed by atoms with Gasteiger partial charge in [0.2, 0.25) is 0 Å². The van der Waals surface area contributed by atoms with Gasteiger partial charge in [0.15, 0.2) is 0 Å². The quantitative estimate of drug-likeness (QED) is 0.698. The minimum Gasteiger partial charge on any atom is -0.376 e. The normalized spacial score (nSPS) is 28.8. The van der Waals surface area contributed by atoms with Gasteiger partial charge in [0.1, 0.15) is 0 Å². The molecule has 0 saturated carbocycles. The van der Waals surface area contributed by atoms with Crippen molar-refractivity contribution in [1.82, 2.24) is 5.32 Å². The monoisotopic (exact) mass is 171 g/mol. The third kappa shape index (κ3) is 1.99. The molecule has 72 valence electrons. The fraction of sp³-hybridized carbons (Fsp3) is 1.00. The Bertz CT molecular complexity index is 132. The third-order valence-electron chi connectivity index (χ3n) is 2.98. The second-order valence-electron chi connectivity index (χ2n) is 3.92. The molecule has 0 aromatic carbocycles. The van der Waals surface area contributed by atoms with Crippen LogP contribution in [0.15, 0.2) is 0 Å². The maximum Gasteiger partial charge on any atom is 0.0754 e. The molecule has 12 heavy (non-hydrogen) atoms. The number of nitrogens with one attached hydrogen (secondary N) is 1. The topological polar surface area (TPSA) is 21.3 Å². The Kier molecular flexibility index (Phi) is 3.53. The molecular weight excluding hydrogens is 150 g/mol. The molecule has 2 nitrogen and oxygen atoms in total. The molecule has 1 aliphatic heterocycles. The van der Waals surface area contributed by atoms with Crippen molar-refractivity contribution in [2.45, 2.75) is 51.2 Å². The van der Waals surface area contributed by atoms with Crippen molar-refractivity contribution in [2.75, 3.05) is 13.7 Å². The molecule has 2 unspecified atom stereocenters. The minimum absolute atomic E-state index is 0.200. The van der Waals surface area contributed by atoms with Gasteiger partial charge in [-0.05, 0) is 33.2 Å². The number of likely N-dealkylation sites (N-methyl/N-ethyl adjacent to an activating group) is 1.